The topological polar surface area (TPSA) is 27.0 Å². The summed E-state index contributed by atoms with van der Waals surface area (Å²) in [6.07, 6.45) is -3.35. The van der Waals surface area contributed by atoms with E-state index in [9.17, 15) is 13.2 Å². The Kier molecular flexibility index (Phi) is 4.11. The molecule has 1 heterocycles. The Hall–Kier alpha value is 0.636. The Morgan fingerprint density at radius 2 is 2.00 bits per heavy atom. The SMILES string of the molecule is FC(F)(F)c1cc[n-]n1.[K+]. The number of halogens is 3. The van der Waals surface area contributed by atoms with Crippen LogP contribution in [0.1, 0.15) is 5.69 Å². The van der Waals surface area contributed by atoms with Gasteiger partial charge in [0.1, 0.15) is 5.69 Å². The summed E-state index contributed by atoms with van der Waals surface area (Å²) in [7, 11) is 0. The van der Waals surface area contributed by atoms with E-state index in [4.69, 9.17) is 0 Å². The van der Waals surface area contributed by atoms with Crippen molar-refractivity contribution in [2.45, 2.75) is 6.18 Å². The number of nitrogens with zero attached hydrogens (tertiary/aromatic N) is 2. The maximum Gasteiger partial charge on any atom is 1.00 e. The summed E-state index contributed by atoms with van der Waals surface area (Å²) < 4.78 is 34.6. The van der Waals surface area contributed by atoms with Gasteiger partial charge in [0, 0.05) is 0 Å². The van der Waals surface area contributed by atoms with E-state index in [1.165, 1.54) is 0 Å². The van der Waals surface area contributed by atoms with Crippen LogP contribution >= 0.6 is 0 Å². The van der Waals surface area contributed by atoms with Gasteiger partial charge in [-0.1, -0.05) is 6.07 Å². The van der Waals surface area contributed by atoms with Crippen LogP contribution in [0.2, 0.25) is 0 Å². The van der Waals surface area contributed by atoms with Crippen molar-refractivity contribution in [1.29, 1.82) is 0 Å². The molecule has 0 aliphatic rings. The molecular weight excluding hydrogens is 172 g/mol. The van der Waals surface area contributed by atoms with Gasteiger partial charge < -0.3 is 10.2 Å². The van der Waals surface area contributed by atoms with Crippen molar-refractivity contribution in [2.75, 3.05) is 0 Å². The molecule has 2 nitrogen and oxygen atoms in total. The number of alkyl halides is 3. The van der Waals surface area contributed by atoms with Crippen LogP contribution < -0.4 is 56.5 Å². The van der Waals surface area contributed by atoms with E-state index in [2.05, 4.69) is 10.2 Å². The molecule has 0 spiro atoms. The van der Waals surface area contributed by atoms with Crippen LogP contribution in [-0.2, 0) is 6.18 Å². The molecule has 0 N–H and O–H groups in total. The van der Waals surface area contributed by atoms with Gasteiger partial charge in [-0.3, -0.25) is 0 Å². The minimum Gasteiger partial charge on any atom is -0.581 e. The third-order valence-electron chi connectivity index (χ3n) is 0.755. The van der Waals surface area contributed by atoms with Crippen molar-refractivity contribution < 1.29 is 64.6 Å². The number of hydrogen-bond donors (Lipinski definition) is 0. The van der Waals surface area contributed by atoms with E-state index in [1.807, 2.05) is 0 Å². The van der Waals surface area contributed by atoms with Crippen molar-refractivity contribution in [2.24, 2.45) is 0 Å². The summed E-state index contributed by atoms with van der Waals surface area (Å²) >= 11 is 0. The molecule has 0 amide bonds. The van der Waals surface area contributed by atoms with Gasteiger partial charge in [0.2, 0.25) is 0 Å². The van der Waals surface area contributed by atoms with E-state index in [0.29, 0.717) is 0 Å². The molecule has 6 heteroatoms. The maximum atomic E-state index is 11.5. The molecule has 0 bridgehead atoms. The van der Waals surface area contributed by atoms with E-state index in [1.54, 1.807) is 0 Å². The maximum absolute atomic E-state index is 11.5. The fourth-order valence-corrected chi connectivity index (χ4v) is 0.384. The normalized spacial score (nSPS) is 10.7. The van der Waals surface area contributed by atoms with Crippen LogP contribution in [0.4, 0.5) is 13.2 Å². The molecule has 50 valence electrons. The molecule has 0 fully saturated rings. The Labute approximate surface area is 97.6 Å². The Morgan fingerprint density at radius 1 is 1.40 bits per heavy atom. The third kappa shape index (κ3) is 2.71. The first-order chi connectivity index (χ1) is 4.11. The fraction of sp³-hybridized carbons (Fsp3) is 0.250. The van der Waals surface area contributed by atoms with Gasteiger partial charge in [-0.2, -0.15) is 19.4 Å². The summed E-state index contributed by atoms with van der Waals surface area (Å²) in [4.78, 5) is 0. The van der Waals surface area contributed by atoms with Crippen molar-refractivity contribution >= 4 is 0 Å². The van der Waals surface area contributed by atoms with Crippen LogP contribution in [0.15, 0.2) is 12.3 Å². The average molecular weight is 174 g/mol. The summed E-state index contributed by atoms with van der Waals surface area (Å²) in [6.45, 7) is 0. The molecule has 1 aromatic rings. The minimum absolute atomic E-state index is 0. The predicted molar refractivity (Wildman–Crippen MR) is 22.6 cm³/mol. The van der Waals surface area contributed by atoms with Gasteiger partial charge >= 0.3 is 57.6 Å². The predicted octanol–water partition coefficient (Wildman–Crippen LogP) is -1.94. The molecule has 1 aromatic heterocycles. The van der Waals surface area contributed by atoms with Gasteiger partial charge in [-0.05, 0) is 0 Å². The first-order valence-corrected chi connectivity index (χ1v) is 2.12. The molecule has 1 rings (SSSR count). The molecule has 0 saturated carbocycles. The zero-order valence-corrected chi connectivity index (χ0v) is 8.31. The fourth-order valence-electron chi connectivity index (χ4n) is 0.384. The van der Waals surface area contributed by atoms with Crippen LogP contribution in [0.3, 0.4) is 0 Å². The number of hydrogen-bond acceptors (Lipinski definition) is 1. The smallest absolute Gasteiger partial charge is 0.581 e. The standard InChI is InChI=1S/C4H2F3N2.K/c5-4(6,7)3-1-2-8-9-3;/h1-2H;/q-1;+1. The molecule has 10 heavy (non-hydrogen) atoms. The van der Waals surface area contributed by atoms with Gasteiger partial charge in [0.25, 0.3) is 0 Å². The molecular formula is C4H2F3KN2. The molecule has 0 saturated heterocycles. The molecule has 0 aromatic carbocycles. The van der Waals surface area contributed by atoms with E-state index in [0.717, 1.165) is 12.3 Å². The van der Waals surface area contributed by atoms with Crippen LogP contribution in [0.25, 0.3) is 0 Å². The second-order valence-corrected chi connectivity index (χ2v) is 1.41. The quantitative estimate of drug-likeness (QED) is 0.428. The second-order valence-electron chi connectivity index (χ2n) is 1.41. The van der Waals surface area contributed by atoms with Crippen molar-refractivity contribution in [1.82, 2.24) is 10.2 Å². The number of aromatic nitrogens is 2. The van der Waals surface area contributed by atoms with Crippen molar-refractivity contribution in [3.63, 3.8) is 0 Å². The van der Waals surface area contributed by atoms with Gasteiger partial charge in [0.15, 0.2) is 0 Å². The zero-order chi connectivity index (χ0) is 6.91. The van der Waals surface area contributed by atoms with Gasteiger partial charge in [-0.25, -0.2) is 0 Å². The van der Waals surface area contributed by atoms with Gasteiger partial charge in [0.05, 0.1) is 0 Å². The zero-order valence-electron chi connectivity index (χ0n) is 5.18. The molecule has 0 aliphatic carbocycles. The molecule has 0 radical (unpaired) electrons. The summed E-state index contributed by atoms with van der Waals surface area (Å²) in [5.41, 5.74) is -0.942. The van der Waals surface area contributed by atoms with Crippen LogP contribution in [0, 0.1) is 0 Å². The summed E-state index contributed by atoms with van der Waals surface area (Å²) in [6, 6.07) is 0.819. The van der Waals surface area contributed by atoms with Gasteiger partial charge in [-0.15, -0.1) is 0 Å². The average Bonchev–Trinajstić information content (AvgIpc) is 2.08. The summed E-state index contributed by atoms with van der Waals surface area (Å²) in [5, 5.41) is 5.83. The third-order valence-corrected chi connectivity index (χ3v) is 0.755. The van der Waals surface area contributed by atoms with Crippen molar-refractivity contribution in [3.8, 4) is 0 Å². The molecule has 0 aliphatic heterocycles. The summed E-state index contributed by atoms with van der Waals surface area (Å²) in [5.74, 6) is 0. The first kappa shape index (κ1) is 10.6. The van der Waals surface area contributed by atoms with E-state index < -0.39 is 11.9 Å². The van der Waals surface area contributed by atoms with Crippen LogP contribution in [-0.4, -0.2) is 5.10 Å². The van der Waals surface area contributed by atoms with Crippen molar-refractivity contribution in [3.05, 3.63) is 18.0 Å². The Bertz CT molecular complexity index is 181. The number of rotatable bonds is 0. The molecule has 0 atom stereocenters. The molecule has 0 unspecified atom stereocenters. The Morgan fingerprint density at radius 3 is 2.20 bits per heavy atom. The van der Waals surface area contributed by atoms with E-state index >= 15 is 0 Å². The monoisotopic (exact) mass is 174 g/mol. The largest absolute Gasteiger partial charge is 1.00 e. The van der Waals surface area contributed by atoms with E-state index in [-0.39, 0.29) is 51.4 Å². The minimum atomic E-state index is -4.35. The van der Waals surface area contributed by atoms with Crippen LogP contribution in [0.5, 0.6) is 0 Å². The first-order valence-electron chi connectivity index (χ1n) is 2.12. The second kappa shape index (κ2) is 3.87. The Balaban J connectivity index is 0.000000810.